The van der Waals surface area contributed by atoms with Crippen LogP contribution in [-0.4, -0.2) is 25.2 Å². The number of hydrogen-bond acceptors (Lipinski definition) is 4. The van der Waals surface area contributed by atoms with Gasteiger partial charge in [0.25, 0.3) is 0 Å². The lowest BCUT2D eigenvalue weighted by atomic mass is 9.82. The van der Waals surface area contributed by atoms with Gasteiger partial charge in [-0.3, -0.25) is 9.55 Å². The molecular formula is C25H24F2N6. The van der Waals surface area contributed by atoms with E-state index in [0.717, 1.165) is 64.0 Å². The van der Waals surface area contributed by atoms with E-state index in [9.17, 15) is 8.78 Å². The number of nitrogens with zero attached hydrogens (tertiary/aromatic N) is 5. The highest BCUT2D eigenvalue weighted by Gasteiger charge is 2.24. The zero-order chi connectivity index (χ0) is 22.9. The molecule has 0 bridgehead atoms. The zero-order valence-electron chi connectivity index (χ0n) is 18.2. The van der Waals surface area contributed by atoms with Gasteiger partial charge in [0.2, 0.25) is 0 Å². The molecule has 0 unspecified atom stereocenters. The quantitative estimate of drug-likeness (QED) is 0.414. The molecular weight excluding hydrogens is 422 g/mol. The predicted molar refractivity (Wildman–Crippen MR) is 122 cm³/mol. The molecule has 0 radical (unpaired) electrons. The molecule has 4 aromatic heterocycles. The van der Waals surface area contributed by atoms with Crippen LogP contribution in [0.25, 0.3) is 16.9 Å². The Balaban J connectivity index is 1.30. The van der Waals surface area contributed by atoms with Crippen LogP contribution in [0.5, 0.6) is 0 Å². The third-order valence-electron chi connectivity index (χ3n) is 6.52. The number of halogens is 2. The molecule has 4 heterocycles. The molecule has 0 amide bonds. The topological polar surface area (TPSA) is 70.9 Å². The highest BCUT2D eigenvalue weighted by atomic mass is 19.3. The van der Waals surface area contributed by atoms with Crippen molar-refractivity contribution >= 4 is 11.2 Å². The Bertz CT molecular complexity index is 1320. The van der Waals surface area contributed by atoms with Gasteiger partial charge in [0.15, 0.2) is 0 Å². The first-order valence-electron chi connectivity index (χ1n) is 11.1. The third kappa shape index (κ3) is 4.19. The van der Waals surface area contributed by atoms with Gasteiger partial charge in [0.1, 0.15) is 6.07 Å². The third-order valence-corrected chi connectivity index (χ3v) is 6.52. The Morgan fingerprint density at radius 2 is 1.94 bits per heavy atom. The van der Waals surface area contributed by atoms with Crippen LogP contribution >= 0.6 is 0 Å². The minimum absolute atomic E-state index is 0.327. The van der Waals surface area contributed by atoms with Crippen LogP contribution < -0.4 is 5.32 Å². The van der Waals surface area contributed by atoms with Gasteiger partial charge in [-0.15, -0.1) is 0 Å². The minimum atomic E-state index is -2.48. The van der Waals surface area contributed by atoms with Crippen LogP contribution in [0.2, 0.25) is 0 Å². The fraction of sp³-hybridized carbons (Fsp3) is 0.320. The molecule has 1 saturated carbocycles. The normalized spacial score (nSPS) is 18.5. The minimum Gasteiger partial charge on any atom is -0.382 e. The maximum absolute atomic E-state index is 12.9. The number of aromatic nitrogens is 4. The Hall–Kier alpha value is -3.73. The summed E-state index contributed by atoms with van der Waals surface area (Å²) >= 11 is 0. The molecule has 0 saturated heterocycles. The molecule has 0 spiro atoms. The van der Waals surface area contributed by atoms with Gasteiger partial charge in [0.05, 0.1) is 28.7 Å². The lowest BCUT2D eigenvalue weighted by Gasteiger charge is -2.30. The van der Waals surface area contributed by atoms with Gasteiger partial charge in [-0.05, 0) is 80.0 Å². The van der Waals surface area contributed by atoms with Gasteiger partial charge >= 0.3 is 6.55 Å². The van der Waals surface area contributed by atoms with Crippen LogP contribution in [0.1, 0.15) is 54.8 Å². The van der Waals surface area contributed by atoms with Crippen LogP contribution in [0, 0.1) is 18.3 Å². The van der Waals surface area contributed by atoms with Crippen molar-refractivity contribution in [3.63, 3.8) is 0 Å². The van der Waals surface area contributed by atoms with Crippen LogP contribution in [0.3, 0.4) is 0 Å². The SMILES string of the molecule is Cc1cnc(-c2ccc3cc(C#N)cnn23)cc1N[C@H]1CC[C@H](c2ccn(C(F)F)c2)CC1. The maximum Gasteiger partial charge on any atom is 0.318 e. The molecule has 0 atom stereocenters. The number of rotatable bonds is 5. The van der Waals surface area contributed by atoms with Gasteiger partial charge in [-0.2, -0.15) is 19.1 Å². The van der Waals surface area contributed by atoms with Gasteiger partial charge in [-0.25, -0.2) is 4.52 Å². The molecule has 8 heteroatoms. The molecule has 1 aliphatic rings. The lowest BCUT2D eigenvalue weighted by molar-refractivity contribution is 0.0705. The van der Waals surface area contributed by atoms with E-state index in [0.29, 0.717) is 17.5 Å². The van der Waals surface area contributed by atoms with Crippen molar-refractivity contribution in [3.05, 3.63) is 71.8 Å². The van der Waals surface area contributed by atoms with Crippen LogP contribution in [0.15, 0.2) is 55.1 Å². The van der Waals surface area contributed by atoms with Crippen molar-refractivity contribution in [3.8, 4) is 17.5 Å². The van der Waals surface area contributed by atoms with Gasteiger partial charge in [-0.1, -0.05) is 0 Å². The summed E-state index contributed by atoms with van der Waals surface area (Å²) in [6.07, 6.45) is 10.4. The monoisotopic (exact) mass is 446 g/mol. The van der Waals surface area contributed by atoms with E-state index in [1.807, 2.05) is 37.4 Å². The number of nitriles is 1. The van der Waals surface area contributed by atoms with E-state index >= 15 is 0 Å². The Morgan fingerprint density at radius 3 is 2.67 bits per heavy atom. The summed E-state index contributed by atoms with van der Waals surface area (Å²) in [6.45, 7) is -0.451. The van der Waals surface area contributed by atoms with E-state index in [2.05, 4.69) is 21.5 Å². The fourth-order valence-corrected chi connectivity index (χ4v) is 4.66. The zero-order valence-corrected chi connectivity index (χ0v) is 18.2. The van der Waals surface area contributed by atoms with Gasteiger partial charge in [0, 0.05) is 30.3 Å². The average molecular weight is 447 g/mol. The molecule has 4 aromatic rings. The Morgan fingerprint density at radius 1 is 1.12 bits per heavy atom. The number of anilines is 1. The molecule has 33 heavy (non-hydrogen) atoms. The second-order valence-electron chi connectivity index (χ2n) is 8.66. The lowest BCUT2D eigenvalue weighted by Crippen LogP contribution is -2.25. The van der Waals surface area contributed by atoms with Crippen molar-refractivity contribution in [1.82, 2.24) is 19.2 Å². The number of nitrogens with one attached hydrogen (secondary N) is 1. The molecule has 168 valence electrons. The summed E-state index contributed by atoms with van der Waals surface area (Å²) in [5, 5.41) is 17.2. The summed E-state index contributed by atoms with van der Waals surface area (Å²) in [7, 11) is 0. The van der Waals surface area contributed by atoms with Crippen LogP contribution in [-0.2, 0) is 0 Å². The predicted octanol–water partition coefficient (Wildman–Crippen LogP) is 5.91. The first kappa shape index (κ1) is 21.1. The number of alkyl halides is 2. The summed E-state index contributed by atoms with van der Waals surface area (Å²) in [5.74, 6) is 0.327. The first-order valence-corrected chi connectivity index (χ1v) is 11.1. The summed E-state index contributed by atoms with van der Waals surface area (Å²) in [5.41, 5.74) is 6.15. The molecule has 0 aliphatic heterocycles. The molecule has 0 aromatic carbocycles. The average Bonchev–Trinajstić information content (AvgIpc) is 3.48. The van der Waals surface area contributed by atoms with E-state index in [4.69, 9.17) is 5.26 Å². The summed E-state index contributed by atoms with van der Waals surface area (Å²) < 4.78 is 28.5. The highest BCUT2D eigenvalue weighted by molar-refractivity contribution is 5.68. The summed E-state index contributed by atoms with van der Waals surface area (Å²) in [6, 6.07) is 12.0. The molecule has 1 N–H and O–H groups in total. The standard InChI is InChI=1S/C25H24F2N6/c1-16-13-29-23(24-7-6-21-10-17(12-28)14-30-33(21)24)11-22(16)31-20-4-2-18(3-5-20)19-8-9-32(15-19)25(26)27/h6-11,13-15,18,20,25H,2-5H2,1H3,(H,29,31)/t18-,20-. The van der Waals surface area contributed by atoms with E-state index in [1.165, 1.54) is 6.20 Å². The molecule has 1 fully saturated rings. The molecule has 6 nitrogen and oxygen atoms in total. The maximum atomic E-state index is 12.9. The molecule has 1 aliphatic carbocycles. The van der Waals surface area contributed by atoms with Crippen molar-refractivity contribution < 1.29 is 8.78 Å². The fourth-order valence-electron chi connectivity index (χ4n) is 4.66. The number of pyridine rings is 1. The largest absolute Gasteiger partial charge is 0.382 e. The van der Waals surface area contributed by atoms with E-state index < -0.39 is 6.55 Å². The summed E-state index contributed by atoms with van der Waals surface area (Å²) in [4.78, 5) is 4.61. The van der Waals surface area contributed by atoms with Crippen molar-refractivity contribution in [2.75, 3.05) is 5.32 Å². The van der Waals surface area contributed by atoms with E-state index in [-0.39, 0.29) is 0 Å². The first-order chi connectivity index (χ1) is 16.0. The smallest absolute Gasteiger partial charge is 0.318 e. The number of aryl methyl sites for hydroxylation is 1. The number of fused-ring (bicyclic) bond motifs is 1. The van der Waals surface area contributed by atoms with Crippen molar-refractivity contribution in [1.29, 1.82) is 5.26 Å². The van der Waals surface area contributed by atoms with Crippen molar-refractivity contribution in [2.24, 2.45) is 0 Å². The van der Waals surface area contributed by atoms with E-state index in [1.54, 1.807) is 23.0 Å². The molecule has 5 rings (SSSR count). The van der Waals surface area contributed by atoms with Crippen LogP contribution in [0.4, 0.5) is 14.5 Å². The van der Waals surface area contributed by atoms with Crippen molar-refractivity contribution in [2.45, 2.75) is 51.1 Å². The second-order valence-corrected chi connectivity index (χ2v) is 8.66. The number of hydrogen-bond donors (Lipinski definition) is 1. The van der Waals surface area contributed by atoms with Gasteiger partial charge < -0.3 is 5.32 Å². The highest BCUT2D eigenvalue weighted by Crippen LogP contribution is 2.35. The second kappa shape index (κ2) is 8.66. The Labute approximate surface area is 190 Å². The Kier molecular flexibility index (Phi) is 5.55.